The zero-order valence-corrected chi connectivity index (χ0v) is 8.73. The Kier molecular flexibility index (Phi) is 3.04. The largest absolute Gasteiger partial charge is 0.490 e. The maximum absolute atomic E-state index is 11.2. The summed E-state index contributed by atoms with van der Waals surface area (Å²) in [6, 6.07) is 2.72. The molecule has 0 N–H and O–H groups in total. The summed E-state index contributed by atoms with van der Waals surface area (Å²) in [6.07, 6.45) is 0. The van der Waals surface area contributed by atoms with Crippen LogP contribution in [0.15, 0.2) is 12.1 Å². The number of rotatable bonds is 3. The predicted octanol–water partition coefficient (Wildman–Crippen LogP) is 2.11. The summed E-state index contributed by atoms with van der Waals surface area (Å²) in [4.78, 5) is 21.3. The number of hydrogen-bond acceptors (Lipinski definition) is 4. The first-order valence-corrected chi connectivity index (χ1v) is 4.32. The van der Waals surface area contributed by atoms with E-state index in [1.807, 2.05) is 0 Å². The van der Waals surface area contributed by atoms with E-state index < -0.39 is 4.92 Å². The summed E-state index contributed by atoms with van der Waals surface area (Å²) in [7, 11) is 1.35. The highest BCUT2D eigenvalue weighted by molar-refractivity contribution is 5.96. The molecule has 0 heterocycles. The Morgan fingerprint density at radius 1 is 1.47 bits per heavy atom. The fraction of sp³-hybridized carbons (Fsp3) is 0.300. The number of benzene rings is 1. The van der Waals surface area contributed by atoms with Gasteiger partial charge < -0.3 is 4.74 Å². The fourth-order valence-corrected chi connectivity index (χ4v) is 1.46. The van der Waals surface area contributed by atoms with Crippen molar-refractivity contribution in [2.24, 2.45) is 0 Å². The Hall–Kier alpha value is -1.91. The minimum atomic E-state index is -0.532. The van der Waals surface area contributed by atoms with Crippen LogP contribution in [-0.4, -0.2) is 17.8 Å². The van der Waals surface area contributed by atoms with E-state index in [-0.39, 0.29) is 17.2 Å². The topological polar surface area (TPSA) is 69.4 Å². The molecule has 0 aliphatic carbocycles. The van der Waals surface area contributed by atoms with Gasteiger partial charge in [-0.1, -0.05) is 0 Å². The van der Waals surface area contributed by atoms with Crippen LogP contribution >= 0.6 is 0 Å². The van der Waals surface area contributed by atoms with E-state index in [1.54, 1.807) is 6.92 Å². The maximum atomic E-state index is 11.2. The number of nitro groups is 1. The van der Waals surface area contributed by atoms with Crippen LogP contribution in [-0.2, 0) is 0 Å². The highest BCUT2D eigenvalue weighted by Crippen LogP contribution is 2.32. The first-order valence-electron chi connectivity index (χ1n) is 4.32. The highest BCUT2D eigenvalue weighted by atomic mass is 16.6. The second-order valence-electron chi connectivity index (χ2n) is 3.10. The third-order valence-corrected chi connectivity index (χ3v) is 2.17. The summed E-state index contributed by atoms with van der Waals surface area (Å²) in [5.74, 6) is 0.00778. The molecule has 80 valence electrons. The minimum absolute atomic E-state index is 0.125. The standard InChI is InChI=1S/C10H11NO4/c1-6-8(7(2)12)4-5-9(11(13)14)10(6)15-3/h4-5H,1-3H3. The summed E-state index contributed by atoms with van der Waals surface area (Å²) < 4.78 is 4.93. The van der Waals surface area contributed by atoms with Gasteiger partial charge in [-0.3, -0.25) is 14.9 Å². The molecule has 1 aromatic rings. The molecule has 1 aromatic carbocycles. The van der Waals surface area contributed by atoms with Crippen molar-refractivity contribution in [3.63, 3.8) is 0 Å². The number of methoxy groups -OCH3 is 1. The molecule has 5 heteroatoms. The van der Waals surface area contributed by atoms with Crippen molar-refractivity contribution >= 4 is 11.5 Å². The molecule has 0 bridgehead atoms. The Labute approximate surface area is 86.8 Å². The van der Waals surface area contributed by atoms with Gasteiger partial charge in [0.25, 0.3) is 0 Å². The number of nitrogens with zero attached hydrogens (tertiary/aromatic N) is 1. The second kappa shape index (κ2) is 4.08. The van der Waals surface area contributed by atoms with Gasteiger partial charge in [0.05, 0.1) is 12.0 Å². The van der Waals surface area contributed by atoms with Crippen LogP contribution in [0.3, 0.4) is 0 Å². The lowest BCUT2D eigenvalue weighted by Gasteiger charge is -2.08. The molecule has 0 radical (unpaired) electrons. The summed E-state index contributed by atoms with van der Waals surface area (Å²) >= 11 is 0. The average Bonchev–Trinajstić information content (AvgIpc) is 2.16. The molecule has 0 fully saturated rings. The molecule has 5 nitrogen and oxygen atoms in total. The molecular formula is C10H11NO4. The lowest BCUT2D eigenvalue weighted by atomic mass is 10.0. The molecule has 0 aromatic heterocycles. The van der Waals surface area contributed by atoms with Crippen LogP contribution in [0.25, 0.3) is 0 Å². The third-order valence-electron chi connectivity index (χ3n) is 2.17. The maximum Gasteiger partial charge on any atom is 0.311 e. The molecule has 0 aliphatic rings. The molecule has 0 aliphatic heterocycles. The van der Waals surface area contributed by atoms with Gasteiger partial charge in [-0.2, -0.15) is 0 Å². The Morgan fingerprint density at radius 3 is 2.47 bits per heavy atom. The van der Waals surface area contributed by atoms with Crippen LogP contribution < -0.4 is 4.74 Å². The van der Waals surface area contributed by atoms with Crippen molar-refractivity contribution in [2.45, 2.75) is 13.8 Å². The van der Waals surface area contributed by atoms with Crippen LogP contribution in [0.4, 0.5) is 5.69 Å². The first kappa shape index (κ1) is 11.2. The molecular weight excluding hydrogens is 198 g/mol. The molecule has 0 amide bonds. The van der Waals surface area contributed by atoms with Crippen LogP contribution in [0.1, 0.15) is 22.8 Å². The highest BCUT2D eigenvalue weighted by Gasteiger charge is 2.20. The van der Waals surface area contributed by atoms with Crippen molar-refractivity contribution in [2.75, 3.05) is 7.11 Å². The summed E-state index contributed by atoms with van der Waals surface area (Å²) in [6.45, 7) is 3.04. The van der Waals surface area contributed by atoms with Crippen LogP contribution in [0.2, 0.25) is 0 Å². The van der Waals surface area contributed by atoms with Crippen molar-refractivity contribution in [1.82, 2.24) is 0 Å². The van der Waals surface area contributed by atoms with Gasteiger partial charge in [0, 0.05) is 17.2 Å². The average molecular weight is 209 g/mol. The first-order chi connectivity index (χ1) is 6.99. The van der Waals surface area contributed by atoms with Crippen molar-refractivity contribution < 1.29 is 14.5 Å². The van der Waals surface area contributed by atoms with E-state index in [0.717, 1.165) is 0 Å². The molecule has 0 saturated heterocycles. The monoisotopic (exact) mass is 209 g/mol. The van der Waals surface area contributed by atoms with E-state index in [9.17, 15) is 14.9 Å². The zero-order valence-electron chi connectivity index (χ0n) is 8.73. The van der Waals surface area contributed by atoms with E-state index >= 15 is 0 Å². The van der Waals surface area contributed by atoms with Crippen molar-refractivity contribution in [3.05, 3.63) is 33.4 Å². The van der Waals surface area contributed by atoms with Gasteiger partial charge in [0.15, 0.2) is 5.78 Å². The second-order valence-corrected chi connectivity index (χ2v) is 3.10. The van der Waals surface area contributed by atoms with Gasteiger partial charge in [-0.05, 0) is 19.9 Å². The normalized spacial score (nSPS) is 9.80. The lowest BCUT2D eigenvalue weighted by Crippen LogP contribution is -2.02. The zero-order chi connectivity index (χ0) is 11.6. The van der Waals surface area contributed by atoms with E-state index in [0.29, 0.717) is 11.1 Å². The quantitative estimate of drug-likeness (QED) is 0.434. The van der Waals surface area contributed by atoms with Crippen LogP contribution in [0, 0.1) is 17.0 Å². The predicted molar refractivity (Wildman–Crippen MR) is 54.4 cm³/mol. The van der Waals surface area contributed by atoms with E-state index in [4.69, 9.17) is 4.74 Å². The summed E-state index contributed by atoms with van der Waals surface area (Å²) in [5, 5.41) is 10.7. The number of Topliss-reactive ketones (excluding diaryl/α,β-unsaturated/α-hetero) is 1. The van der Waals surface area contributed by atoms with E-state index in [2.05, 4.69) is 0 Å². The fourth-order valence-electron chi connectivity index (χ4n) is 1.46. The SMILES string of the molecule is COc1c([N+](=O)[O-])ccc(C(C)=O)c1C. The minimum Gasteiger partial charge on any atom is -0.490 e. The molecule has 15 heavy (non-hydrogen) atoms. The number of ether oxygens (including phenoxy) is 1. The van der Waals surface area contributed by atoms with Gasteiger partial charge >= 0.3 is 5.69 Å². The number of carbonyl (C=O) groups excluding carboxylic acids is 1. The Bertz CT molecular complexity index is 426. The van der Waals surface area contributed by atoms with Crippen LogP contribution in [0.5, 0.6) is 5.75 Å². The number of ketones is 1. The molecule has 0 spiro atoms. The number of nitro benzene ring substituents is 1. The molecule has 0 atom stereocenters. The van der Waals surface area contributed by atoms with Gasteiger partial charge in [0.1, 0.15) is 0 Å². The number of hydrogen-bond donors (Lipinski definition) is 0. The van der Waals surface area contributed by atoms with Gasteiger partial charge in [0.2, 0.25) is 5.75 Å². The summed E-state index contributed by atoms with van der Waals surface area (Å²) in [5.41, 5.74) is 0.816. The van der Waals surface area contributed by atoms with E-state index in [1.165, 1.54) is 26.2 Å². The third kappa shape index (κ3) is 1.96. The van der Waals surface area contributed by atoms with Crippen molar-refractivity contribution in [3.8, 4) is 5.75 Å². The Balaban J connectivity index is 3.45. The molecule has 1 rings (SSSR count). The van der Waals surface area contributed by atoms with Gasteiger partial charge in [-0.15, -0.1) is 0 Å². The Morgan fingerprint density at radius 2 is 2.07 bits per heavy atom. The lowest BCUT2D eigenvalue weighted by molar-refractivity contribution is -0.385. The smallest absolute Gasteiger partial charge is 0.311 e. The van der Waals surface area contributed by atoms with Crippen molar-refractivity contribution in [1.29, 1.82) is 0 Å². The molecule has 0 saturated carbocycles. The number of carbonyl (C=O) groups is 1. The molecule has 0 unspecified atom stereocenters. The van der Waals surface area contributed by atoms with Gasteiger partial charge in [-0.25, -0.2) is 0 Å².